The van der Waals surface area contributed by atoms with Gasteiger partial charge in [-0.15, -0.1) is 0 Å². The van der Waals surface area contributed by atoms with Gasteiger partial charge in [0.05, 0.1) is 18.0 Å². The SMILES string of the molecule is N#Cc1cc(F)c(NCCn2ccnc2)c(F)c1. The van der Waals surface area contributed by atoms with E-state index < -0.39 is 11.6 Å². The molecule has 18 heavy (non-hydrogen) atoms. The first kappa shape index (κ1) is 12.0. The molecule has 0 aliphatic carbocycles. The van der Waals surface area contributed by atoms with Crippen molar-refractivity contribution in [3.63, 3.8) is 0 Å². The number of rotatable bonds is 4. The molecule has 0 atom stereocenters. The maximum absolute atomic E-state index is 13.5. The lowest BCUT2D eigenvalue weighted by atomic mass is 10.2. The molecule has 1 aromatic heterocycles. The monoisotopic (exact) mass is 248 g/mol. The Morgan fingerprint density at radius 1 is 1.33 bits per heavy atom. The van der Waals surface area contributed by atoms with Crippen LogP contribution in [0.2, 0.25) is 0 Å². The van der Waals surface area contributed by atoms with Gasteiger partial charge in [-0.1, -0.05) is 0 Å². The van der Waals surface area contributed by atoms with Crippen molar-refractivity contribution in [1.82, 2.24) is 9.55 Å². The number of benzene rings is 1. The molecule has 6 heteroatoms. The van der Waals surface area contributed by atoms with E-state index >= 15 is 0 Å². The van der Waals surface area contributed by atoms with E-state index in [-0.39, 0.29) is 11.3 Å². The zero-order valence-corrected chi connectivity index (χ0v) is 9.40. The highest BCUT2D eigenvalue weighted by atomic mass is 19.1. The van der Waals surface area contributed by atoms with E-state index in [9.17, 15) is 8.78 Å². The summed E-state index contributed by atoms with van der Waals surface area (Å²) in [7, 11) is 0. The number of nitrogens with one attached hydrogen (secondary N) is 1. The highest BCUT2D eigenvalue weighted by Crippen LogP contribution is 2.20. The number of anilines is 1. The minimum Gasteiger partial charge on any atom is -0.379 e. The van der Waals surface area contributed by atoms with Crippen LogP contribution in [-0.2, 0) is 6.54 Å². The van der Waals surface area contributed by atoms with Crippen LogP contribution in [0.4, 0.5) is 14.5 Å². The first-order valence-corrected chi connectivity index (χ1v) is 5.29. The first-order valence-electron chi connectivity index (χ1n) is 5.29. The van der Waals surface area contributed by atoms with Crippen molar-refractivity contribution in [2.45, 2.75) is 6.54 Å². The molecular formula is C12H10F2N4. The number of nitrogens with zero attached hydrogens (tertiary/aromatic N) is 3. The van der Waals surface area contributed by atoms with E-state index in [1.165, 1.54) is 0 Å². The lowest BCUT2D eigenvalue weighted by Crippen LogP contribution is -2.11. The average Bonchev–Trinajstić information content (AvgIpc) is 2.85. The van der Waals surface area contributed by atoms with Crippen LogP contribution < -0.4 is 5.32 Å². The summed E-state index contributed by atoms with van der Waals surface area (Å²) in [4.78, 5) is 3.86. The summed E-state index contributed by atoms with van der Waals surface area (Å²) in [6.45, 7) is 0.898. The van der Waals surface area contributed by atoms with Crippen molar-refractivity contribution >= 4 is 5.69 Å². The van der Waals surface area contributed by atoms with Crippen molar-refractivity contribution in [3.05, 3.63) is 48.1 Å². The number of halogens is 2. The van der Waals surface area contributed by atoms with Crippen LogP contribution in [0.15, 0.2) is 30.9 Å². The molecule has 92 valence electrons. The molecule has 0 aliphatic heterocycles. The number of hydrogen-bond acceptors (Lipinski definition) is 3. The molecule has 1 N–H and O–H groups in total. The zero-order valence-electron chi connectivity index (χ0n) is 9.40. The second-order valence-corrected chi connectivity index (χ2v) is 3.65. The minimum atomic E-state index is -0.766. The Balaban J connectivity index is 2.03. The van der Waals surface area contributed by atoms with E-state index in [2.05, 4.69) is 10.3 Å². The summed E-state index contributed by atoms with van der Waals surface area (Å²) in [5, 5.41) is 11.2. The van der Waals surface area contributed by atoms with Crippen molar-refractivity contribution in [1.29, 1.82) is 5.26 Å². The summed E-state index contributed by atoms with van der Waals surface area (Å²) in [5.41, 5.74) is -0.251. The number of hydrogen-bond donors (Lipinski definition) is 1. The molecule has 0 aliphatic rings. The fourth-order valence-corrected chi connectivity index (χ4v) is 1.54. The van der Waals surface area contributed by atoms with Gasteiger partial charge in [-0.2, -0.15) is 5.26 Å². The third-order valence-corrected chi connectivity index (χ3v) is 2.40. The van der Waals surface area contributed by atoms with Crippen molar-refractivity contribution < 1.29 is 8.78 Å². The first-order chi connectivity index (χ1) is 8.70. The molecule has 0 saturated carbocycles. The Bertz CT molecular complexity index is 549. The van der Waals surface area contributed by atoms with E-state index in [0.29, 0.717) is 13.1 Å². The Hall–Kier alpha value is -2.42. The Kier molecular flexibility index (Phi) is 3.53. The Labute approximate surface area is 102 Å². The Morgan fingerprint density at radius 2 is 2.06 bits per heavy atom. The van der Waals surface area contributed by atoms with E-state index in [4.69, 9.17) is 5.26 Å². The maximum Gasteiger partial charge on any atom is 0.150 e. The summed E-state index contributed by atoms with van der Waals surface area (Å²) in [6.07, 6.45) is 5.00. The summed E-state index contributed by atoms with van der Waals surface area (Å²) < 4.78 is 28.8. The maximum atomic E-state index is 13.5. The third-order valence-electron chi connectivity index (χ3n) is 2.40. The average molecular weight is 248 g/mol. The van der Waals surface area contributed by atoms with Crippen LogP contribution in [0.25, 0.3) is 0 Å². The van der Waals surface area contributed by atoms with Gasteiger partial charge in [0.15, 0.2) is 11.6 Å². The quantitative estimate of drug-likeness (QED) is 0.901. The second-order valence-electron chi connectivity index (χ2n) is 3.65. The molecule has 2 aromatic rings. The van der Waals surface area contributed by atoms with Crippen LogP contribution in [0.3, 0.4) is 0 Å². The lowest BCUT2D eigenvalue weighted by molar-refractivity contribution is 0.585. The molecule has 0 spiro atoms. The van der Waals surface area contributed by atoms with Gasteiger partial charge < -0.3 is 9.88 Å². The molecule has 0 saturated heterocycles. The molecule has 0 radical (unpaired) electrons. The fourth-order valence-electron chi connectivity index (χ4n) is 1.54. The van der Waals surface area contributed by atoms with Crippen LogP contribution in [0, 0.1) is 23.0 Å². The van der Waals surface area contributed by atoms with E-state index in [1.807, 2.05) is 0 Å². The summed E-state index contributed by atoms with van der Waals surface area (Å²) >= 11 is 0. The largest absolute Gasteiger partial charge is 0.379 e. The van der Waals surface area contributed by atoms with Crippen LogP contribution in [0.5, 0.6) is 0 Å². The molecule has 1 heterocycles. The number of nitriles is 1. The molecule has 0 bridgehead atoms. The standard InChI is InChI=1S/C12H10F2N4/c13-10-5-9(7-15)6-11(14)12(10)17-2-4-18-3-1-16-8-18/h1,3,5-6,8,17H,2,4H2. The van der Waals surface area contributed by atoms with Crippen LogP contribution >= 0.6 is 0 Å². The molecular weight excluding hydrogens is 238 g/mol. The zero-order chi connectivity index (χ0) is 13.0. The predicted molar refractivity (Wildman–Crippen MR) is 61.8 cm³/mol. The minimum absolute atomic E-state index is 0.0369. The van der Waals surface area contributed by atoms with Gasteiger partial charge in [0.2, 0.25) is 0 Å². The van der Waals surface area contributed by atoms with Gasteiger partial charge in [-0.05, 0) is 12.1 Å². The highest BCUT2D eigenvalue weighted by molar-refractivity contribution is 5.50. The van der Waals surface area contributed by atoms with Crippen LogP contribution in [-0.4, -0.2) is 16.1 Å². The van der Waals surface area contributed by atoms with Gasteiger partial charge in [0.25, 0.3) is 0 Å². The van der Waals surface area contributed by atoms with Gasteiger partial charge in [0, 0.05) is 25.5 Å². The third kappa shape index (κ3) is 2.63. The summed E-state index contributed by atoms with van der Waals surface area (Å²) in [6, 6.07) is 3.70. The molecule has 1 aromatic carbocycles. The molecule has 0 amide bonds. The lowest BCUT2D eigenvalue weighted by Gasteiger charge is -2.09. The van der Waals surface area contributed by atoms with Crippen LogP contribution in [0.1, 0.15) is 5.56 Å². The second kappa shape index (κ2) is 5.27. The molecule has 2 rings (SSSR count). The van der Waals surface area contributed by atoms with E-state index in [0.717, 1.165) is 12.1 Å². The van der Waals surface area contributed by atoms with E-state index in [1.54, 1.807) is 29.4 Å². The van der Waals surface area contributed by atoms with Crippen molar-refractivity contribution in [3.8, 4) is 6.07 Å². The molecule has 0 unspecified atom stereocenters. The van der Waals surface area contributed by atoms with Crippen molar-refractivity contribution in [2.24, 2.45) is 0 Å². The molecule has 4 nitrogen and oxygen atoms in total. The smallest absolute Gasteiger partial charge is 0.150 e. The van der Waals surface area contributed by atoms with Crippen molar-refractivity contribution in [2.75, 3.05) is 11.9 Å². The summed E-state index contributed by atoms with van der Waals surface area (Å²) in [5.74, 6) is -1.53. The Morgan fingerprint density at radius 3 is 2.61 bits per heavy atom. The normalized spacial score (nSPS) is 10.1. The van der Waals surface area contributed by atoms with Gasteiger partial charge in [0.1, 0.15) is 5.69 Å². The topological polar surface area (TPSA) is 53.6 Å². The van der Waals surface area contributed by atoms with Gasteiger partial charge >= 0.3 is 0 Å². The van der Waals surface area contributed by atoms with Gasteiger partial charge in [-0.3, -0.25) is 0 Å². The van der Waals surface area contributed by atoms with Gasteiger partial charge in [-0.25, -0.2) is 13.8 Å². The highest BCUT2D eigenvalue weighted by Gasteiger charge is 2.10. The number of aromatic nitrogens is 2. The fraction of sp³-hybridized carbons (Fsp3) is 0.167. The predicted octanol–water partition coefficient (Wildman–Crippen LogP) is 2.15. The number of imidazole rings is 1. The molecule has 0 fully saturated rings.